The summed E-state index contributed by atoms with van der Waals surface area (Å²) in [6.45, 7) is 1.30. The van der Waals surface area contributed by atoms with Crippen LogP contribution in [-0.2, 0) is 16.4 Å². The first-order valence-electron chi connectivity index (χ1n) is 8.10. The van der Waals surface area contributed by atoms with Gasteiger partial charge in [0.15, 0.2) is 0 Å². The first kappa shape index (κ1) is 17.6. The Morgan fingerprint density at radius 2 is 1.88 bits per heavy atom. The van der Waals surface area contributed by atoms with Gasteiger partial charge >= 0.3 is 0 Å². The van der Waals surface area contributed by atoms with E-state index in [2.05, 4.69) is 5.32 Å². The summed E-state index contributed by atoms with van der Waals surface area (Å²) in [4.78, 5) is 12.4. The second-order valence-corrected chi connectivity index (χ2v) is 7.82. The van der Waals surface area contributed by atoms with E-state index in [1.54, 1.807) is 30.3 Å². The van der Waals surface area contributed by atoms with Gasteiger partial charge in [-0.05, 0) is 42.7 Å². The molecule has 2 aromatic rings. The molecule has 2 aromatic carbocycles. The summed E-state index contributed by atoms with van der Waals surface area (Å²) in [6.07, 6.45) is 1.22. The zero-order valence-corrected chi connectivity index (χ0v) is 14.4. The Kier molecular flexibility index (Phi) is 5.15. The zero-order chi connectivity index (χ0) is 17.9. The molecule has 1 aliphatic heterocycles. The van der Waals surface area contributed by atoms with Crippen LogP contribution in [0.5, 0.6) is 0 Å². The largest absolute Gasteiger partial charge is 0.352 e. The highest BCUT2D eigenvalue weighted by Gasteiger charge is 2.29. The van der Waals surface area contributed by atoms with Crippen LogP contribution in [0.15, 0.2) is 53.4 Å². The number of carbonyl (C=O) groups excluding carboxylic acids is 1. The maximum absolute atomic E-state index is 13.6. The van der Waals surface area contributed by atoms with Gasteiger partial charge in [-0.15, -0.1) is 0 Å². The van der Waals surface area contributed by atoms with Gasteiger partial charge in [-0.25, -0.2) is 12.8 Å². The molecule has 25 heavy (non-hydrogen) atoms. The fraction of sp³-hybridized carbons (Fsp3) is 0.278. The molecule has 5 nitrogen and oxygen atoms in total. The van der Waals surface area contributed by atoms with Crippen molar-refractivity contribution in [3.63, 3.8) is 0 Å². The molecule has 0 unspecified atom stereocenters. The number of halogens is 1. The number of nitrogens with one attached hydrogen (secondary N) is 1. The van der Waals surface area contributed by atoms with Gasteiger partial charge in [-0.1, -0.05) is 24.3 Å². The van der Waals surface area contributed by atoms with Gasteiger partial charge in [-0.2, -0.15) is 4.31 Å². The Labute approximate surface area is 146 Å². The molecule has 0 aromatic heterocycles. The molecule has 0 aliphatic carbocycles. The number of amides is 1. The molecule has 0 radical (unpaired) electrons. The Bertz CT molecular complexity index is 879. The van der Waals surface area contributed by atoms with Crippen molar-refractivity contribution in [3.05, 3.63) is 65.5 Å². The summed E-state index contributed by atoms with van der Waals surface area (Å²) in [6, 6.07) is 12.4. The van der Waals surface area contributed by atoms with E-state index in [4.69, 9.17) is 0 Å². The quantitative estimate of drug-likeness (QED) is 0.857. The van der Waals surface area contributed by atoms with E-state index in [1.807, 2.05) is 0 Å². The van der Waals surface area contributed by atoms with Crippen molar-refractivity contribution < 1.29 is 17.6 Å². The predicted octanol–water partition coefficient (Wildman–Crippen LogP) is 2.19. The smallest absolute Gasteiger partial charge is 0.251 e. The Hall–Kier alpha value is -2.25. The highest BCUT2D eigenvalue weighted by atomic mass is 32.2. The molecule has 1 amide bonds. The Balaban J connectivity index is 1.64. The molecule has 1 aliphatic rings. The van der Waals surface area contributed by atoms with E-state index in [1.165, 1.54) is 22.5 Å². The van der Waals surface area contributed by atoms with Crippen molar-refractivity contribution in [2.45, 2.75) is 17.7 Å². The van der Waals surface area contributed by atoms with E-state index < -0.39 is 10.0 Å². The van der Waals surface area contributed by atoms with Gasteiger partial charge in [-0.3, -0.25) is 4.79 Å². The van der Waals surface area contributed by atoms with Crippen molar-refractivity contribution in [1.82, 2.24) is 9.62 Å². The molecule has 1 N–H and O–H groups in total. The predicted molar refractivity (Wildman–Crippen MR) is 92.3 cm³/mol. The highest BCUT2D eigenvalue weighted by Crippen LogP contribution is 2.21. The second kappa shape index (κ2) is 7.33. The SMILES string of the molecule is O=C(NCCc1ccccc1F)c1cccc(S(=O)(=O)N2CCC2)c1. The van der Waals surface area contributed by atoms with Crippen molar-refractivity contribution in [1.29, 1.82) is 0 Å². The minimum absolute atomic E-state index is 0.119. The molecule has 1 heterocycles. The molecule has 0 saturated carbocycles. The molecule has 1 saturated heterocycles. The summed E-state index contributed by atoms with van der Waals surface area (Å²) < 4.78 is 39.7. The van der Waals surface area contributed by atoms with E-state index in [9.17, 15) is 17.6 Å². The number of hydrogen-bond acceptors (Lipinski definition) is 3. The van der Waals surface area contributed by atoms with Crippen LogP contribution in [0.3, 0.4) is 0 Å². The molecule has 3 rings (SSSR count). The second-order valence-electron chi connectivity index (χ2n) is 5.88. The highest BCUT2D eigenvalue weighted by molar-refractivity contribution is 7.89. The van der Waals surface area contributed by atoms with Crippen molar-refractivity contribution in [2.24, 2.45) is 0 Å². The summed E-state index contributed by atoms with van der Waals surface area (Å²) in [5.41, 5.74) is 0.798. The Morgan fingerprint density at radius 1 is 1.12 bits per heavy atom. The van der Waals surface area contributed by atoms with E-state index in [0.717, 1.165) is 6.42 Å². The van der Waals surface area contributed by atoms with Crippen LogP contribution in [0.4, 0.5) is 4.39 Å². The molecular formula is C18H19FN2O3S. The van der Waals surface area contributed by atoms with E-state index in [-0.39, 0.29) is 28.7 Å². The maximum Gasteiger partial charge on any atom is 0.251 e. The minimum atomic E-state index is -3.52. The number of sulfonamides is 1. The van der Waals surface area contributed by atoms with Gasteiger partial charge in [0.1, 0.15) is 5.82 Å². The molecule has 0 spiro atoms. The summed E-state index contributed by atoms with van der Waals surface area (Å²) in [5, 5.41) is 2.70. The number of nitrogens with zero attached hydrogens (tertiary/aromatic N) is 1. The monoisotopic (exact) mass is 362 g/mol. The van der Waals surface area contributed by atoms with Crippen molar-refractivity contribution >= 4 is 15.9 Å². The summed E-state index contributed by atoms with van der Waals surface area (Å²) in [5.74, 6) is -0.684. The first-order chi connectivity index (χ1) is 12.0. The van der Waals surface area contributed by atoms with Gasteiger partial charge in [0.05, 0.1) is 4.90 Å². The average molecular weight is 362 g/mol. The molecular weight excluding hydrogens is 343 g/mol. The van der Waals surface area contributed by atoms with Crippen LogP contribution in [-0.4, -0.2) is 38.3 Å². The van der Waals surface area contributed by atoms with Gasteiger partial charge in [0.25, 0.3) is 5.91 Å². The average Bonchev–Trinajstić information content (AvgIpc) is 2.54. The third kappa shape index (κ3) is 3.88. The topological polar surface area (TPSA) is 66.5 Å². The van der Waals surface area contributed by atoms with Crippen LogP contribution in [0.2, 0.25) is 0 Å². The lowest BCUT2D eigenvalue weighted by Crippen LogP contribution is -2.42. The molecule has 132 valence electrons. The number of carbonyl (C=O) groups is 1. The zero-order valence-electron chi connectivity index (χ0n) is 13.6. The van der Waals surface area contributed by atoms with Crippen LogP contribution >= 0.6 is 0 Å². The van der Waals surface area contributed by atoms with Crippen LogP contribution < -0.4 is 5.32 Å². The first-order valence-corrected chi connectivity index (χ1v) is 9.54. The van der Waals surface area contributed by atoms with Gasteiger partial charge in [0.2, 0.25) is 10.0 Å². The molecule has 1 fully saturated rings. The minimum Gasteiger partial charge on any atom is -0.352 e. The van der Waals surface area contributed by atoms with Crippen LogP contribution in [0, 0.1) is 5.82 Å². The van der Waals surface area contributed by atoms with Crippen LogP contribution in [0.25, 0.3) is 0 Å². The lowest BCUT2D eigenvalue weighted by atomic mass is 10.1. The summed E-state index contributed by atoms with van der Waals surface area (Å²) >= 11 is 0. The molecule has 0 atom stereocenters. The number of hydrogen-bond donors (Lipinski definition) is 1. The maximum atomic E-state index is 13.6. The van der Waals surface area contributed by atoms with Crippen molar-refractivity contribution in [2.75, 3.05) is 19.6 Å². The van der Waals surface area contributed by atoms with Gasteiger partial charge < -0.3 is 5.32 Å². The normalized spacial score (nSPS) is 14.8. The third-order valence-corrected chi connectivity index (χ3v) is 6.08. The fourth-order valence-corrected chi connectivity index (χ4v) is 4.15. The number of benzene rings is 2. The Morgan fingerprint density at radius 3 is 2.56 bits per heavy atom. The third-order valence-electron chi connectivity index (χ3n) is 4.19. The van der Waals surface area contributed by atoms with Crippen LogP contribution in [0.1, 0.15) is 22.3 Å². The van der Waals surface area contributed by atoms with Gasteiger partial charge in [0, 0.05) is 25.2 Å². The summed E-state index contributed by atoms with van der Waals surface area (Å²) in [7, 11) is -3.52. The lowest BCUT2D eigenvalue weighted by Gasteiger charge is -2.29. The fourth-order valence-electron chi connectivity index (χ4n) is 2.59. The molecule has 0 bridgehead atoms. The van der Waals surface area contributed by atoms with E-state index in [0.29, 0.717) is 25.1 Å². The lowest BCUT2D eigenvalue weighted by molar-refractivity contribution is 0.0954. The number of rotatable bonds is 6. The molecule has 7 heteroatoms. The standard InChI is InChI=1S/C18H19FN2O3S/c19-17-8-2-1-5-14(17)9-10-20-18(22)15-6-3-7-16(13-15)25(23,24)21-11-4-12-21/h1-3,5-8,13H,4,9-12H2,(H,20,22). The van der Waals surface area contributed by atoms with E-state index >= 15 is 0 Å². The van der Waals surface area contributed by atoms with Crippen molar-refractivity contribution in [3.8, 4) is 0 Å².